The number of ketones is 1. The number of rotatable bonds is 4. The summed E-state index contributed by atoms with van der Waals surface area (Å²) in [5, 5.41) is 0. The van der Waals surface area contributed by atoms with Gasteiger partial charge < -0.3 is 0 Å². The van der Waals surface area contributed by atoms with Gasteiger partial charge >= 0.3 is 0 Å². The lowest BCUT2D eigenvalue weighted by atomic mass is 9.96. The fraction of sp³-hybridized carbons (Fsp3) is 0.231. The Kier molecular flexibility index (Phi) is 4.02. The molecule has 78 valence electrons. The minimum absolute atomic E-state index is 0.0653. The highest BCUT2D eigenvalue weighted by molar-refractivity contribution is 5.80. The summed E-state index contributed by atoms with van der Waals surface area (Å²) in [6.45, 7) is 4.98. The zero-order valence-corrected chi connectivity index (χ0v) is 8.66. The molecule has 0 amide bonds. The Hall–Kier alpha value is -1.66. The van der Waals surface area contributed by atoms with Gasteiger partial charge in [0.05, 0.1) is 0 Å². The average molecular weight is 204 g/mol. The number of hydrogen-bond donors (Lipinski definition) is 0. The second-order valence-electron chi connectivity index (χ2n) is 3.42. The molecule has 1 unspecified atom stereocenters. The number of benzene rings is 1. The van der Waals surface area contributed by atoms with Crippen LogP contribution in [0.5, 0.6) is 0 Å². The molecule has 1 nitrogen and oxygen atoms in total. The molecule has 0 aliphatic carbocycles. The first-order valence-corrected chi connectivity index (χ1v) is 4.74. The van der Waals surface area contributed by atoms with Crippen molar-refractivity contribution in [3.8, 4) is 0 Å². The third-order valence-corrected chi connectivity index (χ3v) is 2.21. The molecule has 0 fully saturated rings. The Morgan fingerprint density at radius 2 is 2.13 bits per heavy atom. The van der Waals surface area contributed by atoms with Crippen LogP contribution in [0.25, 0.3) is 0 Å². The lowest BCUT2D eigenvalue weighted by Gasteiger charge is -2.07. The normalized spacial score (nSPS) is 11.6. The van der Waals surface area contributed by atoms with Crippen LogP contribution in [0.2, 0.25) is 0 Å². The number of halogens is 1. The van der Waals surface area contributed by atoms with Gasteiger partial charge in [0.2, 0.25) is 0 Å². The highest BCUT2D eigenvalue weighted by atomic mass is 19.1. The van der Waals surface area contributed by atoms with Gasteiger partial charge in [-0.25, -0.2) is 4.39 Å². The van der Waals surface area contributed by atoms with Crippen molar-refractivity contribution < 1.29 is 9.18 Å². The lowest BCUT2D eigenvalue weighted by molar-refractivity contribution is -0.119. The molecule has 0 heterocycles. The minimum atomic E-state index is -0.266. The van der Waals surface area contributed by atoms with E-state index in [9.17, 15) is 9.18 Å². The van der Waals surface area contributed by atoms with E-state index in [2.05, 4.69) is 12.3 Å². The van der Waals surface area contributed by atoms with Crippen molar-refractivity contribution in [1.29, 1.82) is 0 Å². The van der Waals surface area contributed by atoms with E-state index in [0.717, 1.165) is 5.56 Å². The van der Waals surface area contributed by atoms with Crippen LogP contribution in [0.1, 0.15) is 12.5 Å². The first kappa shape index (κ1) is 11.4. The first-order valence-electron chi connectivity index (χ1n) is 4.74. The Bertz CT molecular complexity index is 384. The Labute approximate surface area is 88.9 Å². The van der Waals surface area contributed by atoms with Crippen LogP contribution >= 0.6 is 0 Å². The predicted octanol–water partition coefficient (Wildman–Crippen LogP) is 2.91. The first-order chi connectivity index (χ1) is 7.13. The number of Topliss-reactive ketones (excluding diaryl/α,β-unsaturated/α-hetero) is 1. The van der Waals surface area contributed by atoms with Crippen LogP contribution in [0, 0.1) is 11.7 Å². The van der Waals surface area contributed by atoms with E-state index in [4.69, 9.17) is 0 Å². The molecule has 1 aromatic rings. The molecule has 0 aromatic heterocycles. The molecule has 0 radical (unpaired) electrons. The van der Waals surface area contributed by atoms with E-state index >= 15 is 0 Å². The number of carbonyl (C=O) groups excluding carboxylic acids is 1. The van der Waals surface area contributed by atoms with E-state index in [1.165, 1.54) is 19.1 Å². The maximum atomic E-state index is 12.6. The maximum absolute atomic E-state index is 12.6. The molecule has 0 saturated heterocycles. The van der Waals surface area contributed by atoms with Crippen molar-refractivity contribution in [3.63, 3.8) is 0 Å². The van der Waals surface area contributed by atoms with Crippen LogP contribution in [-0.4, -0.2) is 5.78 Å². The summed E-state index contributed by atoms with van der Waals surface area (Å²) in [4.78, 5) is 11.2. The summed E-state index contributed by atoms with van der Waals surface area (Å²) < 4.78 is 12.6. The standard InChI is InChI=1S/C13H13FO/c1-3-4-12(10(2)15)9-11-5-7-13(14)8-6-11/h4-8,12H,1,9H2,2H3. The van der Waals surface area contributed by atoms with Gasteiger partial charge in [-0.05, 0) is 37.1 Å². The van der Waals surface area contributed by atoms with Gasteiger partial charge in [0.15, 0.2) is 0 Å². The minimum Gasteiger partial charge on any atom is -0.299 e. The molecule has 1 rings (SSSR count). The molecule has 0 bridgehead atoms. The van der Waals surface area contributed by atoms with Gasteiger partial charge in [-0.3, -0.25) is 4.79 Å². The van der Waals surface area contributed by atoms with Gasteiger partial charge in [0.1, 0.15) is 11.6 Å². The monoisotopic (exact) mass is 204 g/mol. The van der Waals surface area contributed by atoms with E-state index in [0.29, 0.717) is 6.42 Å². The second kappa shape index (κ2) is 5.28. The Morgan fingerprint density at radius 3 is 2.60 bits per heavy atom. The maximum Gasteiger partial charge on any atom is 0.137 e. The van der Waals surface area contributed by atoms with Crippen molar-refractivity contribution in [2.75, 3.05) is 0 Å². The number of hydrogen-bond acceptors (Lipinski definition) is 1. The zero-order chi connectivity index (χ0) is 11.3. The van der Waals surface area contributed by atoms with Crippen LogP contribution in [0.3, 0.4) is 0 Å². The molecular formula is C13H13FO. The summed E-state index contributed by atoms with van der Waals surface area (Å²) in [6, 6.07) is 6.15. The third kappa shape index (κ3) is 3.53. The van der Waals surface area contributed by atoms with Crippen LogP contribution in [-0.2, 0) is 11.2 Å². The quantitative estimate of drug-likeness (QED) is 0.689. The van der Waals surface area contributed by atoms with Gasteiger partial charge in [0.25, 0.3) is 0 Å². The SMILES string of the molecule is C=C=CC(Cc1ccc(F)cc1)C(C)=O. The summed E-state index contributed by atoms with van der Waals surface area (Å²) in [5.41, 5.74) is 3.54. The molecule has 1 atom stereocenters. The van der Waals surface area contributed by atoms with Crippen LogP contribution in [0.4, 0.5) is 4.39 Å². The molecular weight excluding hydrogens is 191 g/mol. The smallest absolute Gasteiger partial charge is 0.137 e. The largest absolute Gasteiger partial charge is 0.299 e. The highest BCUT2D eigenvalue weighted by Gasteiger charge is 2.11. The Balaban J connectivity index is 2.78. The molecule has 0 N–H and O–H groups in total. The second-order valence-corrected chi connectivity index (χ2v) is 3.42. The van der Waals surface area contributed by atoms with Crippen molar-refractivity contribution in [2.45, 2.75) is 13.3 Å². The van der Waals surface area contributed by atoms with E-state index < -0.39 is 0 Å². The third-order valence-electron chi connectivity index (χ3n) is 2.21. The van der Waals surface area contributed by atoms with Crippen molar-refractivity contribution in [2.24, 2.45) is 5.92 Å². The van der Waals surface area contributed by atoms with Gasteiger partial charge in [-0.1, -0.05) is 18.7 Å². The molecule has 15 heavy (non-hydrogen) atoms. The van der Waals surface area contributed by atoms with E-state index in [1.807, 2.05) is 0 Å². The molecule has 0 spiro atoms. The Morgan fingerprint density at radius 1 is 1.53 bits per heavy atom. The lowest BCUT2D eigenvalue weighted by Crippen LogP contribution is -2.10. The van der Waals surface area contributed by atoms with Gasteiger partial charge in [-0.15, -0.1) is 5.73 Å². The molecule has 1 aromatic carbocycles. The highest BCUT2D eigenvalue weighted by Crippen LogP contribution is 2.11. The van der Waals surface area contributed by atoms with E-state index in [-0.39, 0.29) is 17.5 Å². The zero-order valence-electron chi connectivity index (χ0n) is 8.66. The summed E-state index contributed by atoms with van der Waals surface area (Å²) >= 11 is 0. The number of allylic oxidation sites excluding steroid dienone is 1. The summed E-state index contributed by atoms with van der Waals surface area (Å²) in [6.07, 6.45) is 2.21. The fourth-order valence-corrected chi connectivity index (χ4v) is 1.34. The van der Waals surface area contributed by atoms with Crippen LogP contribution in [0.15, 0.2) is 42.7 Å². The van der Waals surface area contributed by atoms with Gasteiger partial charge in [-0.2, -0.15) is 0 Å². The summed E-state index contributed by atoms with van der Waals surface area (Å²) in [7, 11) is 0. The number of carbonyl (C=O) groups is 1. The van der Waals surface area contributed by atoms with Crippen molar-refractivity contribution in [1.82, 2.24) is 0 Å². The van der Waals surface area contributed by atoms with Crippen molar-refractivity contribution in [3.05, 3.63) is 54.0 Å². The van der Waals surface area contributed by atoms with Crippen LogP contribution < -0.4 is 0 Å². The molecule has 2 heteroatoms. The average Bonchev–Trinajstić information content (AvgIpc) is 2.20. The molecule has 0 saturated carbocycles. The van der Waals surface area contributed by atoms with E-state index in [1.54, 1.807) is 18.2 Å². The molecule has 0 aliphatic heterocycles. The predicted molar refractivity (Wildman–Crippen MR) is 58.0 cm³/mol. The summed E-state index contributed by atoms with van der Waals surface area (Å²) in [5.74, 6) is -0.416. The van der Waals surface area contributed by atoms with Crippen molar-refractivity contribution >= 4 is 5.78 Å². The van der Waals surface area contributed by atoms with Gasteiger partial charge in [0, 0.05) is 5.92 Å². The topological polar surface area (TPSA) is 17.1 Å². The fourth-order valence-electron chi connectivity index (χ4n) is 1.34. The molecule has 0 aliphatic rings.